The highest BCUT2D eigenvalue weighted by Crippen LogP contribution is 2.21. The van der Waals surface area contributed by atoms with E-state index in [1.807, 2.05) is 39.0 Å². The van der Waals surface area contributed by atoms with E-state index in [0.29, 0.717) is 0 Å². The first-order chi connectivity index (χ1) is 8.54. The molecule has 0 aromatic heterocycles. The number of rotatable bonds is 3. The Kier molecular flexibility index (Phi) is 7.53. The number of nitrogen functional groups attached to an aromatic ring is 1. The molecule has 0 fully saturated rings. The van der Waals surface area contributed by atoms with Crippen LogP contribution in [0.5, 0.6) is 0 Å². The van der Waals surface area contributed by atoms with Crippen LogP contribution in [0.25, 0.3) is 5.57 Å². The maximum atomic E-state index is 5.89. The van der Waals surface area contributed by atoms with Gasteiger partial charge in [-0.1, -0.05) is 56.4 Å². The van der Waals surface area contributed by atoms with Crippen LogP contribution in [0, 0.1) is 6.92 Å². The summed E-state index contributed by atoms with van der Waals surface area (Å²) in [7, 11) is 0. The molecule has 1 nitrogen and oxygen atoms in total. The molecule has 0 spiro atoms. The van der Waals surface area contributed by atoms with Gasteiger partial charge in [-0.2, -0.15) is 0 Å². The second kappa shape index (κ2) is 8.35. The van der Waals surface area contributed by atoms with Gasteiger partial charge in [-0.15, -0.1) is 0 Å². The lowest BCUT2D eigenvalue weighted by atomic mass is 10.0. The lowest BCUT2D eigenvalue weighted by molar-refractivity contribution is 1.39. The van der Waals surface area contributed by atoms with E-state index >= 15 is 0 Å². The predicted molar refractivity (Wildman–Crippen MR) is 84.5 cm³/mol. The van der Waals surface area contributed by atoms with Crippen molar-refractivity contribution in [3.8, 4) is 0 Å². The van der Waals surface area contributed by atoms with Gasteiger partial charge in [-0.3, -0.25) is 0 Å². The summed E-state index contributed by atoms with van der Waals surface area (Å²) in [5.41, 5.74) is 11.3. The van der Waals surface area contributed by atoms with Gasteiger partial charge in [0.05, 0.1) is 0 Å². The Bertz CT molecular complexity index is 447. The van der Waals surface area contributed by atoms with Gasteiger partial charge in [0.25, 0.3) is 0 Å². The predicted octanol–water partition coefficient (Wildman–Crippen LogP) is 5.14. The normalized spacial score (nSPS) is 10.2. The second-order valence-electron chi connectivity index (χ2n) is 4.14. The van der Waals surface area contributed by atoms with Crippen molar-refractivity contribution in [2.75, 3.05) is 5.73 Å². The third-order valence-electron chi connectivity index (χ3n) is 2.43. The Morgan fingerprint density at radius 3 is 2.22 bits per heavy atom. The van der Waals surface area contributed by atoms with Crippen LogP contribution in [0.15, 0.2) is 48.6 Å². The number of nitrogens with two attached hydrogens (primary N) is 1. The van der Waals surface area contributed by atoms with E-state index in [9.17, 15) is 0 Å². The van der Waals surface area contributed by atoms with E-state index < -0.39 is 0 Å². The fraction of sp³-hybridized carbons (Fsp3) is 0.294. The van der Waals surface area contributed by atoms with Crippen molar-refractivity contribution in [1.29, 1.82) is 0 Å². The van der Waals surface area contributed by atoms with Crippen molar-refractivity contribution in [2.24, 2.45) is 0 Å². The average molecular weight is 243 g/mol. The molecule has 0 amide bonds. The Hall–Kier alpha value is -1.76. The average Bonchev–Trinajstić information content (AvgIpc) is 2.36. The molecule has 0 unspecified atom stereocenters. The molecule has 0 bridgehead atoms. The fourth-order valence-electron chi connectivity index (χ4n) is 1.36. The van der Waals surface area contributed by atoms with Gasteiger partial charge < -0.3 is 5.73 Å². The SMILES string of the molecule is C=C/C(=C\C=C(C)C)c1ccc(C)c(N)c1.CC. The highest BCUT2D eigenvalue weighted by atomic mass is 14.5. The van der Waals surface area contributed by atoms with E-state index in [1.165, 1.54) is 5.57 Å². The molecule has 0 aliphatic carbocycles. The molecule has 0 atom stereocenters. The second-order valence-corrected chi connectivity index (χ2v) is 4.14. The summed E-state index contributed by atoms with van der Waals surface area (Å²) in [6.45, 7) is 14.0. The first-order valence-corrected chi connectivity index (χ1v) is 6.38. The molecule has 1 heteroatoms. The van der Waals surface area contributed by atoms with E-state index in [0.717, 1.165) is 22.4 Å². The molecule has 0 heterocycles. The number of allylic oxidation sites excluding steroid dienone is 5. The minimum atomic E-state index is 0.822. The summed E-state index contributed by atoms with van der Waals surface area (Å²) < 4.78 is 0. The van der Waals surface area contributed by atoms with Gasteiger partial charge in [0.15, 0.2) is 0 Å². The molecular weight excluding hydrogens is 218 g/mol. The molecule has 18 heavy (non-hydrogen) atoms. The van der Waals surface area contributed by atoms with Crippen LogP contribution in [0.2, 0.25) is 0 Å². The molecule has 0 radical (unpaired) electrons. The lowest BCUT2D eigenvalue weighted by Gasteiger charge is -2.05. The van der Waals surface area contributed by atoms with Crippen LogP contribution in [-0.2, 0) is 0 Å². The summed E-state index contributed by atoms with van der Waals surface area (Å²) in [6.07, 6.45) is 5.99. The van der Waals surface area contributed by atoms with Gasteiger partial charge >= 0.3 is 0 Å². The van der Waals surface area contributed by atoms with Crippen LogP contribution in [-0.4, -0.2) is 0 Å². The third kappa shape index (κ3) is 5.05. The maximum absolute atomic E-state index is 5.89. The molecular formula is C17H25N. The third-order valence-corrected chi connectivity index (χ3v) is 2.43. The van der Waals surface area contributed by atoms with Crippen LogP contribution < -0.4 is 5.73 Å². The van der Waals surface area contributed by atoms with E-state index in [-0.39, 0.29) is 0 Å². The first-order valence-electron chi connectivity index (χ1n) is 6.38. The maximum Gasteiger partial charge on any atom is 0.0349 e. The van der Waals surface area contributed by atoms with Gasteiger partial charge in [0.2, 0.25) is 0 Å². The zero-order valence-corrected chi connectivity index (χ0v) is 12.2. The molecule has 0 saturated heterocycles. The zero-order chi connectivity index (χ0) is 14.1. The summed E-state index contributed by atoms with van der Waals surface area (Å²) in [4.78, 5) is 0. The van der Waals surface area contributed by atoms with Crippen molar-refractivity contribution in [3.63, 3.8) is 0 Å². The summed E-state index contributed by atoms with van der Waals surface area (Å²) in [6, 6.07) is 6.09. The van der Waals surface area contributed by atoms with Crippen molar-refractivity contribution in [1.82, 2.24) is 0 Å². The van der Waals surface area contributed by atoms with Crippen molar-refractivity contribution < 1.29 is 0 Å². The number of hydrogen-bond donors (Lipinski definition) is 1. The number of anilines is 1. The van der Waals surface area contributed by atoms with Gasteiger partial charge in [0.1, 0.15) is 0 Å². The van der Waals surface area contributed by atoms with E-state index in [1.54, 1.807) is 0 Å². The molecule has 2 N–H and O–H groups in total. The molecule has 0 aliphatic heterocycles. The van der Waals surface area contributed by atoms with Crippen LogP contribution in [0.3, 0.4) is 0 Å². The standard InChI is InChI=1S/C15H19N.C2H6/c1-5-13(8-6-11(2)3)14-9-7-12(4)15(16)10-14;1-2/h5-10H,1,16H2,2-4H3;1-2H3/b13-8+;. The van der Waals surface area contributed by atoms with E-state index in [4.69, 9.17) is 5.73 Å². The Morgan fingerprint density at radius 2 is 1.78 bits per heavy atom. The molecule has 1 rings (SSSR count). The molecule has 1 aromatic rings. The quantitative estimate of drug-likeness (QED) is 0.577. The Morgan fingerprint density at radius 1 is 1.17 bits per heavy atom. The minimum Gasteiger partial charge on any atom is -0.398 e. The zero-order valence-electron chi connectivity index (χ0n) is 12.2. The molecule has 0 saturated carbocycles. The summed E-state index contributed by atoms with van der Waals surface area (Å²) in [5, 5.41) is 0. The molecule has 98 valence electrons. The van der Waals surface area contributed by atoms with Crippen molar-refractivity contribution in [2.45, 2.75) is 34.6 Å². The topological polar surface area (TPSA) is 26.0 Å². The van der Waals surface area contributed by atoms with Crippen molar-refractivity contribution in [3.05, 3.63) is 59.7 Å². The van der Waals surface area contributed by atoms with Crippen molar-refractivity contribution >= 4 is 11.3 Å². The van der Waals surface area contributed by atoms with Crippen LogP contribution in [0.1, 0.15) is 38.8 Å². The number of benzene rings is 1. The van der Waals surface area contributed by atoms with E-state index in [2.05, 4.69) is 38.6 Å². The van der Waals surface area contributed by atoms with Gasteiger partial charge in [-0.25, -0.2) is 0 Å². The van der Waals surface area contributed by atoms with Gasteiger partial charge in [0, 0.05) is 5.69 Å². The van der Waals surface area contributed by atoms with Crippen LogP contribution >= 0.6 is 0 Å². The fourth-order valence-corrected chi connectivity index (χ4v) is 1.36. The molecule has 1 aromatic carbocycles. The van der Waals surface area contributed by atoms with Crippen LogP contribution in [0.4, 0.5) is 5.69 Å². The Balaban J connectivity index is 0.00000137. The number of hydrogen-bond acceptors (Lipinski definition) is 1. The summed E-state index contributed by atoms with van der Waals surface area (Å²) >= 11 is 0. The lowest BCUT2D eigenvalue weighted by Crippen LogP contribution is -1.91. The number of aryl methyl sites for hydroxylation is 1. The molecule has 0 aliphatic rings. The largest absolute Gasteiger partial charge is 0.398 e. The summed E-state index contributed by atoms with van der Waals surface area (Å²) in [5.74, 6) is 0. The monoisotopic (exact) mass is 243 g/mol. The Labute approximate surface area is 112 Å². The van der Waals surface area contributed by atoms with Gasteiger partial charge in [-0.05, 0) is 43.5 Å². The smallest absolute Gasteiger partial charge is 0.0349 e. The first kappa shape index (κ1) is 16.2. The highest BCUT2D eigenvalue weighted by Gasteiger charge is 1.99. The minimum absolute atomic E-state index is 0.822. The highest BCUT2D eigenvalue weighted by molar-refractivity contribution is 5.77.